The Morgan fingerprint density at radius 3 is 0.961 bits per heavy atom. The molecule has 8 fully saturated rings. The highest BCUT2D eigenvalue weighted by Crippen LogP contribution is 2.72. The topological polar surface area (TPSA) is 32.8 Å². The quantitative estimate of drug-likeness (QED) is 0.137. The van der Waals surface area contributed by atoms with Gasteiger partial charge in [-0.3, -0.25) is 0 Å². The van der Waals surface area contributed by atoms with Gasteiger partial charge in [0.2, 0.25) is 0 Å². The largest absolute Gasteiger partial charge is 0.456 e. The van der Waals surface area contributed by atoms with Crippen molar-refractivity contribution in [2.45, 2.75) is 75.0 Å². The molecule has 0 radical (unpaired) electrons. The van der Waals surface area contributed by atoms with E-state index in [1.54, 1.807) is 22.3 Å². The van der Waals surface area contributed by atoms with E-state index in [-0.39, 0.29) is 10.8 Å². The minimum Gasteiger partial charge on any atom is -0.456 e. The lowest BCUT2D eigenvalue weighted by atomic mass is 9.43. The Balaban J connectivity index is 0.530. The average Bonchev–Trinajstić information content (AvgIpc) is 1.46. The van der Waals surface area contributed by atoms with Crippen LogP contribution in [0.3, 0.4) is 0 Å². The van der Waals surface area contributed by atoms with Crippen molar-refractivity contribution in [2.75, 3.05) is 9.80 Å². The third-order valence-corrected chi connectivity index (χ3v) is 27.1. The van der Waals surface area contributed by atoms with E-state index in [9.17, 15) is 0 Å². The van der Waals surface area contributed by atoms with Gasteiger partial charge >= 0.3 is 0 Å². The van der Waals surface area contributed by atoms with Gasteiger partial charge < -0.3 is 18.6 Å². The molecular formula is C98H76N2O2. The van der Waals surface area contributed by atoms with Gasteiger partial charge in [-0.05, 0) is 285 Å². The Bertz CT molecular complexity index is 5870. The second-order valence-electron chi connectivity index (χ2n) is 32.0. The van der Waals surface area contributed by atoms with E-state index in [2.05, 4.69) is 301 Å². The fourth-order valence-electron chi connectivity index (χ4n) is 23.4. The van der Waals surface area contributed by atoms with Gasteiger partial charge in [-0.15, -0.1) is 0 Å². The molecule has 8 saturated carbocycles. The van der Waals surface area contributed by atoms with Crippen molar-refractivity contribution in [2.24, 2.45) is 47.3 Å². The molecular weight excluding hydrogens is 1240 g/mol. The molecule has 8 bridgehead atoms. The summed E-state index contributed by atoms with van der Waals surface area (Å²) in [6.07, 6.45) is 13.9. The molecule has 4 heteroatoms. The zero-order valence-corrected chi connectivity index (χ0v) is 57.1. The van der Waals surface area contributed by atoms with Crippen molar-refractivity contribution in [3.63, 3.8) is 0 Å². The number of anilines is 6. The lowest BCUT2D eigenvalue weighted by Gasteiger charge is -2.61. The molecule has 13 aromatic carbocycles. The van der Waals surface area contributed by atoms with Crippen molar-refractivity contribution < 1.29 is 8.83 Å². The number of furan rings is 2. The smallest absolute Gasteiger partial charge is 0.137 e. The van der Waals surface area contributed by atoms with Crippen LogP contribution >= 0.6 is 0 Å². The van der Waals surface area contributed by atoms with Gasteiger partial charge in [0.15, 0.2) is 0 Å². The molecule has 2 heterocycles. The summed E-state index contributed by atoms with van der Waals surface area (Å²) in [6.45, 7) is 0. The molecule has 0 saturated heterocycles. The van der Waals surface area contributed by atoms with E-state index in [0.717, 1.165) is 120 Å². The first-order valence-corrected chi connectivity index (χ1v) is 37.8. The van der Waals surface area contributed by atoms with E-state index in [4.69, 9.17) is 8.83 Å². The van der Waals surface area contributed by atoms with Crippen LogP contribution in [0, 0.1) is 47.3 Å². The standard InChI is InChI=1S/C98H76N2O2/c1-5-16-89-81(12-1)87-55-77(38-42-91(87)97(89)71-46-59-44-60(48-71)49-72(97)47-59)99(79-36-40-85-83-14-3-7-18-93(83)101-95(85)57-79)75-34-32-68(33-35-75)67-26-24-64(25-27-67)63-20-22-65(23-21-63)66-28-30-69(31-29-66)70-10-9-11-76(54-70)100(80-37-41-86-84-15-4-8-19-94(84)102-96(86)58-80)78-39-43-92-88(56-78)82-13-2-6-17-90(82)98(92)73-50-61-45-62(52-73)53-74(98)51-61/h1-43,54-62,71-74H,44-53H2. The fraction of sp³-hybridized carbons (Fsp3) is 0.204. The predicted molar refractivity (Wildman–Crippen MR) is 419 cm³/mol. The van der Waals surface area contributed by atoms with Gasteiger partial charge in [0.1, 0.15) is 22.3 Å². The van der Waals surface area contributed by atoms with Crippen molar-refractivity contribution in [1.29, 1.82) is 0 Å². The van der Waals surface area contributed by atoms with E-state index in [1.807, 2.05) is 0 Å². The molecule has 10 aliphatic carbocycles. The predicted octanol–water partition coefficient (Wildman–Crippen LogP) is 26.5. The van der Waals surface area contributed by atoms with Gasteiger partial charge in [0.05, 0.1) is 0 Å². The summed E-state index contributed by atoms with van der Waals surface area (Å²) in [7, 11) is 0. The number of benzene rings is 13. The Kier molecular flexibility index (Phi) is 12.3. The van der Waals surface area contributed by atoms with Crippen LogP contribution in [0.1, 0.15) is 86.5 Å². The second kappa shape index (κ2) is 21.8. The number of nitrogens with zero attached hydrogens (tertiary/aromatic N) is 2. The van der Waals surface area contributed by atoms with E-state index < -0.39 is 0 Å². The molecule has 2 spiro atoms. The Hall–Kier alpha value is -10.9. The van der Waals surface area contributed by atoms with Crippen LogP contribution in [0.25, 0.3) is 111 Å². The second-order valence-corrected chi connectivity index (χ2v) is 32.0. The van der Waals surface area contributed by atoms with Gasteiger partial charge in [-0.1, -0.05) is 194 Å². The highest BCUT2D eigenvalue weighted by atomic mass is 16.3. The summed E-state index contributed by atoms with van der Waals surface area (Å²) >= 11 is 0. The molecule has 15 aromatic rings. The zero-order valence-electron chi connectivity index (χ0n) is 57.1. The van der Waals surface area contributed by atoms with Crippen molar-refractivity contribution in [3.8, 4) is 66.8 Å². The maximum atomic E-state index is 6.60. The summed E-state index contributed by atoms with van der Waals surface area (Å²) in [5.41, 5.74) is 32.1. The first-order chi connectivity index (χ1) is 50.4. The fourth-order valence-corrected chi connectivity index (χ4v) is 23.4. The highest BCUT2D eigenvalue weighted by Gasteiger charge is 2.63. The molecule has 0 N–H and O–H groups in total. The Labute approximate surface area is 595 Å². The Morgan fingerprint density at radius 2 is 0.529 bits per heavy atom. The minimum absolute atomic E-state index is 0.117. The van der Waals surface area contributed by atoms with Crippen molar-refractivity contribution >= 4 is 78.0 Å². The third kappa shape index (κ3) is 8.38. The third-order valence-electron chi connectivity index (χ3n) is 27.1. The Morgan fingerprint density at radius 1 is 0.216 bits per heavy atom. The molecule has 0 unspecified atom stereocenters. The minimum atomic E-state index is 0.117. The first-order valence-electron chi connectivity index (χ1n) is 37.8. The molecule has 25 rings (SSSR count). The maximum Gasteiger partial charge on any atom is 0.137 e. The van der Waals surface area contributed by atoms with E-state index in [1.165, 1.54) is 137 Å². The summed E-state index contributed by atoms with van der Waals surface area (Å²) in [6, 6.07) is 110. The lowest BCUT2D eigenvalue weighted by Crippen LogP contribution is -2.55. The monoisotopic (exact) mass is 1310 g/mol. The van der Waals surface area contributed by atoms with Gasteiger partial charge in [-0.25, -0.2) is 0 Å². The molecule has 2 aromatic heterocycles. The van der Waals surface area contributed by atoms with Crippen LogP contribution in [-0.2, 0) is 10.8 Å². The summed E-state index contributed by atoms with van der Waals surface area (Å²) in [4.78, 5) is 4.91. The molecule has 0 amide bonds. The number of para-hydroxylation sites is 2. The molecule has 0 atom stereocenters. The lowest BCUT2D eigenvalue weighted by molar-refractivity contribution is -0.0399. The highest BCUT2D eigenvalue weighted by molar-refractivity contribution is 6.08. The maximum absolute atomic E-state index is 6.60. The van der Waals surface area contributed by atoms with Crippen molar-refractivity contribution in [3.05, 3.63) is 313 Å². The molecule has 0 aliphatic heterocycles. The number of hydrogen-bond acceptors (Lipinski definition) is 4. The first kappa shape index (κ1) is 57.8. The van der Waals surface area contributed by atoms with Crippen LogP contribution in [0.15, 0.2) is 300 Å². The molecule has 10 aliphatic rings. The van der Waals surface area contributed by atoms with Crippen LogP contribution in [0.2, 0.25) is 0 Å². The average molecular weight is 1310 g/mol. The van der Waals surface area contributed by atoms with Gasteiger partial charge in [0, 0.05) is 78.6 Å². The number of rotatable bonds is 10. The SMILES string of the molecule is c1cc(-c2ccc(-c3ccc(-c4ccc(-c5ccc(N(c6ccc7c(c6)-c6ccccc6C76C7CC8CC(C7)CC6C8)c6ccc7c(c6)oc6ccccc67)cc5)cc4)cc3)cc2)cc(N(c2ccc3c(c2)-c2ccccc2C32C3CC4CC(C3)CC2C4)c2ccc3c(c2)oc2ccccc23)c1. The van der Waals surface area contributed by atoms with Crippen LogP contribution < -0.4 is 9.80 Å². The molecule has 4 nitrogen and oxygen atoms in total. The number of hydrogen-bond donors (Lipinski definition) is 0. The van der Waals surface area contributed by atoms with Gasteiger partial charge in [0.25, 0.3) is 0 Å². The summed E-state index contributed by atoms with van der Waals surface area (Å²) in [5, 5.41) is 4.56. The number of fused-ring (bicyclic) bond motifs is 12. The van der Waals surface area contributed by atoms with Crippen LogP contribution in [0.4, 0.5) is 34.1 Å². The van der Waals surface area contributed by atoms with Crippen LogP contribution in [-0.4, -0.2) is 0 Å². The summed E-state index contributed by atoms with van der Waals surface area (Å²) in [5.74, 6) is 6.51. The van der Waals surface area contributed by atoms with Crippen molar-refractivity contribution in [1.82, 2.24) is 0 Å². The molecule has 102 heavy (non-hydrogen) atoms. The van der Waals surface area contributed by atoms with Crippen LogP contribution in [0.5, 0.6) is 0 Å². The van der Waals surface area contributed by atoms with Gasteiger partial charge in [-0.2, -0.15) is 0 Å². The van der Waals surface area contributed by atoms with E-state index >= 15 is 0 Å². The van der Waals surface area contributed by atoms with E-state index in [0.29, 0.717) is 0 Å². The zero-order chi connectivity index (χ0) is 66.5. The summed E-state index contributed by atoms with van der Waals surface area (Å²) < 4.78 is 13.2. The normalized spacial score (nSPS) is 24.2. The molecule has 490 valence electrons.